The average Bonchev–Trinajstić information content (AvgIpc) is 2.00. The van der Waals surface area contributed by atoms with Gasteiger partial charge < -0.3 is 4.79 Å². The van der Waals surface area contributed by atoms with Crippen LogP contribution in [0.5, 0.6) is 0 Å². The maximum atomic E-state index is 12.4. The van der Waals surface area contributed by atoms with Gasteiger partial charge in [0.1, 0.15) is 6.29 Å². The van der Waals surface area contributed by atoms with E-state index >= 15 is 0 Å². The third-order valence-corrected chi connectivity index (χ3v) is 1.31. The smallest absolute Gasteiger partial charge is 0.208 e. The number of halogens is 1. The lowest BCUT2D eigenvalue weighted by atomic mass is 10.1. The van der Waals surface area contributed by atoms with Crippen molar-refractivity contribution >= 4 is 13.0 Å². The number of rotatable bonds is 5. The first-order valence-electron chi connectivity index (χ1n) is 3.48. The first-order chi connectivity index (χ1) is 5.20. The Balaban J connectivity index is 3.74. The molecule has 0 aromatic carbocycles. The van der Waals surface area contributed by atoms with Crippen molar-refractivity contribution in [3.05, 3.63) is 12.0 Å². The van der Waals surface area contributed by atoms with Crippen LogP contribution in [0.2, 0.25) is 0 Å². The summed E-state index contributed by atoms with van der Waals surface area (Å²) in [6, 6.07) is 0. The molecule has 11 heavy (non-hydrogen) atoms. The zero-order chi connectivity index (χ0) is 8.69. The second-order valence-corrected chi connectivity index (χ2v) is 2.37. The van der Waals surface area contributed by atoms with Gasteiger partial charge in [0, 0.05) is 6.42 Å². The van der Waals surface area contributed by atoms with Crippen LogP contribution in [0.3, 0.4) is 0 Å². The van der Waals surface area contributed by atoms with E-state index in [-0.39, 0.29) is 5.92 Å². The van der Waals surface area contributed by atoms with Crippen LogP contribution in [0.1, 0.15) is 19.8 Å². The van der Waals surface area contributed by atoms with Crippen LogP contribution in [-0.2, 0) is 4.79 Å². The van der Waals surface area contributed by atoms with Gasteiger partial charge in [0.25, 0.3) is 0 Å². The average molecular weight is 157 g/mol. The molecule has 0 aliphatic carbocycles. The first kappa shape index (κ1) is 10.0. The van der Waals surface area contributed by atoms with Crippen molar-refractivity contribution < 1.29 is 9.18 Å². The van der Waals surface area contributed by atoms with Gasteiger partial charge in [-0.3, -0.25) is 0 Å². The normalized spacial score (nSPS) is 14.2. The summed E-state index contributed by atoms with van der Waals surface area (Å²) in [6.07, 6.45) is 3.30. The highest BCUT2D eigenvalue weighted by atomic mass is 19.1. The van der Waals surface area contributed by atoms with Crippen molar-refractivity contribution in [3.8, 4) is 0 Å². The predicted octanol–water partition coefficient (Wildman–Crippen LogP) is 2.11. The maximum absolute atomic E-state index is 12.4. The molecule has 3 heteroatoms. The largest absolute Gasteiger partial charge is 0.303 e. The number of hydrogen-bond donors (Lipinski definition) is 0. The molecule has 0 aliphatic heterocycles. The number of nitrogens with zero attached hydrogens (tertiary/aromatic N) is 1. The van der Waals surface area contributed by atoms with Crippen LogP contribution in [0.4, 0.5) is 4.39 Å². The van der Waals surface area contributed by atoms with Crippen molar-refractivity contribution in [3.63, 3.8) is 0 Å². The van der Waals surface area contributed by atoms with Gasteiger partial charge in [0.15, 0.2) is 0 Å². The molecule has 1 atom stereocenters. The van der Waals surface area contributed by atoms with E-state index in [4.69, 9.17) is 0 Å². The van der Waals surface area contributed by atoms with E-state index in [1.165, 1.54) is 6.08 Å². The Kier molecular flexibility index (Phi) is 5.25. The fourth-order valence-electron chi connectivity index (χ4n) is 0.702. The van der Waals surface area contributed by atoms with Crippen LogP contribution < -0.4 is 0 Å². The molecule has 0 bridgehead atoms. The van der Waals surface area contributed by atoms with Gasteiger partial charge in [0.2, 0.25) is 5.95 Å². The first-order valence-corrected chi connectivity index (χ1v) is 3.48. The van der Waals surface area contributed by atoms with Gasteiger partial charge in [-0.1, -0.05) is 6.92 Å². The minimum atomic E-state index is -0.566. The molecular weight excluding hydrogens is 145 g/mol. The molecule has 0 saturated carbocycles. The van der Waals surface area contributed by atoms with Crippen LogP contribution in [0.25, 0.3) is 0 Å². The van der Waals surface area contributed by atoms with Crippen LogP contribution in [0, 0.1) is 5.92 Å². The van der Waals surface area contributed by atoms with E-state index in [1.54, 1.807) is 0 Å². The van der Waals surface area contributed by atoms with Crippen molar-refractivity contribution in [2.45, 2.75) is 19.8 Å². The van der Waals surface area contributed by atoms with E-state index in [2.05, 4.69) is 11.7 Å². The Hall–Kier alpha value is -0.990. The Bertz CT molecular complexity index is 165. The van der Waals surface area contributed by atoms with Gasteiger partial charge >= 0.3 is 0 Å². The number of aldehydes is 1. The summed E-state index contributed by atoms with van der Waals surface area (Å²) in [6.45, 7) is 4.86. The second-order valence-electron chi connectivity index (χ2n) is 2.37. The Labute approximate surface area is 65.8 Å². The Morgan fingerprint density at radius 1 is 1.82 bits per heavy atom. The van der Waals surface area contributed by atoms with Crippen molar-refractivity contribution in [1.29, 1.82) is 0 Å². The fourth-order valence-corrected chi connectivity index (χ4v) is 0.702. The van der Waals surface area contributed by atoms with E-state index in [1.807, 2.05) is 6.92 Å². The summed E-state index contributed by atoms with van der Waals surface area (Å²) in [5.74, 6) is -0.519. The summed E-state index contributed by atoms with van der Waals surface area (Å²) < 4.78 is 12.4. The lowest BCUT2D eigenvalue weighted by Gasteiger charge is -2.00. The molecule has 0 radical (unpaired) electrons. The summed E-state index contributed by atoms with van der Waals surface area (Å²) >= 11 is 0. The van der Waals surface area contributed by atoms with E-state index in [9.17, 15) is 9.18 Å². The summed E-state index contributed by atoms with van der Waals surface area (Å²) in [4.78, 5) is 13.0. The molecule has 0 heterocycles. The Morgan fingerprint density at radius 3 is 2.91 bits per heavy atom. The van der Waals surface area contributed by atoms with Gasteiger partial charge in [-0.05, 0) is 25.1 Å². The molecule has 2 nitrogen and oxygen atoms in total. The predicted molar refractivity (Wildman–Crippen MR) is 43.2 cm³/mol. The highest BCUT2D eigenvalue weighted by Gasteiger charge is 1.98. The third kappa shape index (κ3) is 5.45. The third-order valence-electron chi connectivity index (χ3n) is 1.31. The molecule has 0 amide bonds. The molecular formula is C8H12FNO. The topological polar surface area (TPSA) is 29.4 Å². The van der Waals surface area contributed by atoms with E-state index in [0.29, 0.717) is 12.8 Å². The van der Waals surface area contributed by atoms with Crippen LogP contribution in [0.15, 0.2) is 17.0 Å². The van der Waals surface area contributed by atoms with Gasteiger partial charge in [-0.15, -0.1) is 0 Å². The quantitative estimate of drug-likeness (QED) is 0.341. The number of allylic oxidation sites excluding steroid dienone is 1. The summed E-state index contributed by atoms with van der Waals surface area (Å²) in [7, 11) is 0. The number of carbonyl (C=O) groups excluding carboxylic acids is 1. The van der Waals surface area contributed by atoms with E-state index in [0.717, 1.165) is 6.29 Å². The zero-order valence-corrected chi connectivity index (χ0v) is 6.59. The SMILES string of the molecule is C=N/C(F)=C/C(C)CCC=O. The van der Waals surface area contributed by atoms with Gasteiger partial charge in [0.05, 0.1) is 0 Å². The van der Waals surface area contributed by atoms with Gasteiger partial charge in [-0.2, -0.15) is 4.39 Å². The molecule has 62 valence electrons. The molecule has 0 aromatic heterocycles. The molecule has 0 spiro atoms. The van der Waals surface area contributed by atoms with E-state index < -0.39 is 5.95 Å². The molecule has 0 saturated heterocycles. The molecule has 0 fully saturated rings. The Morgan fingerprint density at radius 2 is 2.45 bits per heavy atom. The maximum Gasteiger partial charge on any atom is 0.208 e. The van der Waals surface area contributed by atoms with Crippen LogP contribution in [-0.4, -0.2) is 13.0 Å². The van der Waals surface area contributed by atoms with Gasteiger partial charge in [-0.25, -0.2) is 4.99 Å². The van der Waals surface area contributed by atoms with Crippen molar-refractivity contribution in [2.75, 3.05) is 0 Å². The highest BCUT2D eigenvalue weighted by molar-refractivity contribution is 5.49. The molecule has 0 aromatic rings. The molecule has 0 N–H and O–H groups in total. The minimum Gasteiger partial charge on any atom is -0.303 e. The lowest BCUT2D eigenvalue weighted by molar-refractivity contribution is -0.108. The van der Waals surface area contributed by atoms with Crippen molar-refractivity contribution in [2.24, 2.45) is 10.9 Å². The number of hydrogen-bond acceptors (Lipinski definition) is 2. The monoisotopic (exact) mass is 157 g/mol. The minimum absolute atomic E-state index is 0.0469. The highest BCUT2D eigenvalue weighted by Crippen LogP contribution is 2.10. The number of aliphatic imine (C=N–C) groups is 1. The summed E-state index contributed by atoms with van der Waals surface area (Å²) in [5.41, 5.74) is 0. The van der Waals surface area contributed by atoms with Crippen LogP contribution >= 0.6 is 0 Å². The molecule has 0 rings (SSSR count). The number of carbonyl (C=O) groups is 1. The molecule has 1 unspecified atom stereocenters. The molecule has 0 aliphatic rings. The van der Waals surface area contributed by atoms with Crippen molar-refractivity contribution in [1.82, 2.24) is 0 Å². The lowest BCUT2D eigenvalue weighted by Crippen LogP contribution is -1.90. The fraction of sp³-hybridized carbons (Fsp3) is 0.500. The second kappa shape index (κ2) is 5.77. The standard InChI is InChI=1S/C8H12FNO/c1-7(4-3-5-11)6-8(9)10-2/h5-7H,2-4H2,1H3/b8-6+. The summed E-state index contributed by atoms with van der Waals surface area (Å²) in [5, 5.41) is 0. The zero-order valence-electron chi connectivity index (χ0n) is 6.59.